The van der Waals surface area contributed by atoms with Crippen LogP contribution in [0.3, 0.4) is 0 Å². The molecule has 0 fully saturated rings. The van der Waals surface area contributed by atoms with Gasteiger partial charge in [0.15, 0.2) is 14.4 Å². The van der Waals surface area contributed by atoms with Gasteiger partial charge in [0.2, 0.25) is 5.89 Å². The second kappa shape index (κ2) is 7.50. The van der Waals surface area contributed by atoms with Gasteiger partial charge in [-0.15, -0.1) is 10.2 Å². The normalized spacial score (nSPS) is 11.0. The first-order valence-corrected chi connectivity index (χ1v) is 9.71. The van der Waals surface area contributed by atoms with E-state index in [9.17, 15) is 0 Å². The van der Waals surface area contributed by atoms with E-state index in [1.165, 1.54) is 0 Å². The van der Waals surface area contributed by atoms with Crippen molar-refractivity contribution in [1.82, 2.24) is 15.2 Å². The first-order valence-electron chi connectivity index (χ1n) is 6.54. The van der Waals surface area contributed by atoms with Crippen molar-refractivity contribution in [3.8, 4) is 11.3 Å². The molecule has 3 rings (SSSR count). The van der Waals surface area contributed by atoms with Crippen LogP contribution in [-0.4, -0.2) is 20.9 Å². The van der Waals surface area contributed by atoms with Gasteiger partial charge in [0.25, 0.3) is 0 Å². The number of rotatable bonds is 6. The van der Waals surface area contributed by atoms with Crippen LogP contribution in [0.1, 0.15) is 12.8 Å². The Hall–Kier alpha value is -1.02. The van der Waals surface area contributed by atoms with Crippen LogP contribution < -0.4 is 0 Å². The summed E-state index contributed by atoms with van der Waals surface area (Å²) in [6.45, 7) is 2.10. The van der Waals surface area contributed by atoms with Crippen LogP contribution in [0.15, 0.2) is 43.6 Å². The molecule has 0 aliphatic heterocycles. The zero-order valence-electron chi connectivity index (χ0n) is 11.7. The highest BCUT2D eigenvalue weighted by atomic mass is 35.5. The monoisotopic (exact) mass is 369 g/mol. The highest BCUT2D eigenvalue weighted by Crippen LogP contribution is 2.31. The highest BCUT2D eigenvalue weighted by Gasteiger charge is 2.09. The van der Waals surface area contributed by atoms with Gasteiger partial charge < -0.3 is 4.42 Å². The lowest BCUT2D eigenvalue weighted by atomic mass is 10.2. The predicted molar refractivity (Wildman–Crippen MR) is 92.8 cm³/mol. The molecule has 8 heteroatoms. The van der Waals surface area contributed by atoms with E-state index in [0.29, 0.717) is 16.7 Å². The molecule has 2 heterocycles. The van der Waals surface area contributed by atoms with E-state index >= 15 is 0 Å². The van der Waals surface area contributed by atoms with Crippen LogP contribution in [0.25, 0.3) is 11.3 Å². The molecule has 0 saturated carbocycles. The summed E-state index contributed by atoms with van der Waals surface area (Å²) >= 11 is 10.8. The maximum atomic E-state index is 5.88. The fourth-order valence-corrected chi connectivity index (χ4v) is 4.58. The number of hydrogen-bond donors (Lipinski definition) is 0. The van der Waals surface area contributed by atoms with E-state index in [4.69, 9.17) is 16.0 Å². The van der Waals surface area contributed by atoms with E-state index in [1.807, 2.05) is 24.3 Å². The molecule has 0 saturated heterocycles. The number of aromatic nitrogens is 3. The minimum atomic E-state index is 0.638. The predicted octanol–water partition coefficient (Wildman–Crippen LogP) is 5.25. The smallest absolute Gasteiger partial charge is 0.205 e. The zero-order valence-corrected chi connectivity index (χ0v) is 14.9. The number of hydrogen-bond acceptors (Lipinski definition) is 7. The lowest BCUT2D eigenvalue weighted by Crippen LogP contribution is -1.79. The van der Waals surface area contributed by atoms with Gasteiger partial charge >= 0.3 is 0 Å². The van der Waals surface area contributed by atoms with Crippen molar-refractivity contribution in [2.24, 2.45) is 0 Å². The molecule has 0 radical (unpaired) electrons. The van der Waals surface area contributed by atoms with E-state index < -0.39 is 0 Å². The third-order valence-electron chi connectivity index (χ3n) is 2.66. The summed E-state index contributed by atoms with van der Waals surface area (Å²) in [6.07, 6.45) is 1.73. The van der Waals surface area contributed by atoms with Gasteiger partial charge in [0.05, 0.1) is 11.9 Å². The van der Waals surface area contributed by atoms with Crippen LogP contribution in [0.2, 0.25) is 5.02 Å². The third kappa shape index (κ3) is 4.04. The number of halogens is 1. The van der Waals surface area contributed by atoms with Crippen molar-refractivity contribution >= 4 is 46.5 Å². The molecular formula is C14H12ClN3OS3. The molecule has 114 valence electrons. The van der Waals surface area contributed by atoms with Gasteiger partial charge in [0.1, 0.15) is 0 Å². The van der Waals surface area contributed by atoms with E-state index in [-0.39, 0.29) is 0 Å². The van der Waals surface area contributed by atoms with Crippen molar-refractivity contribution in [1.29, 1.82) is 0 Å². The topological polar surface area (TPSA) is 51.8 Å². The summed E-state index contributed by atoms with van der Waals surface area (Å²) in [7, 11) is 0. The standard InChI is InChI=1S/C14H12ClN3OS3/c1-2-20-13-17-18-14(22-13)21-8-12-16-7-11(19-12)9-3-5-10(15)6-4-9/h3-7H,2,8H2,1H3. The molecular weight excluding hydrogens is 358 g/mol. The molecule has 0 amide bonds. The second-order valence-electron chi connectivity index (χ2n) is 4.18. The largest absolute Gasteiger partial charge is 0.440 e. The maximum Gasteiger partial charge on any atom is 0.205 e. The Morgan fingerprint density at radius 2 is 1.86 bits per heavy atom. The summed E-state index contributed by atoms with van der Waals surface area (Å²) in [6, 6.07) is 7.50. The van der Waals surface area contributed by atoms with E-state index in [0.717, 1.165) is 25.8 Å². The van der Waals surface area contributed by atoms with Gasteiger partial charge in [-0.2, -0.15) is 0 Å². The number of benzene rings is 1. The van der Waals surface area contributed by atoms with Gasteiger partial charge in [-0.25, -0.2) is 4.98 Å². The molecule has 0 bridgehead atoms. The van der Waals surface area contributed by atoms with Crippen LogP contribution in [0.5, 0.6) is 0 Å². The van der Waals surface area contributed by atoms with Crippen LogP contribution >= 0.6 is 46.5 Å². The van der Waals surface area contributed by atoms with Crippen LogP contribution in [0.4, 0.5) is 0 Å². The Morgan fingerprint density at radius 1 is 1.14 bits per heavy atom. The average molecular weight is 370 g/mol. The van der Waals surface area contributed by atoms with Gasteiger partial charge in [-0.1, -0.05) is 53.4 Å². The molecule has 0 spiro atoms. The van der Waals surface area contributed by atoms with Crippen molar-refractivity contribution in [2.75, 3.05) is 5.75 Å². The van der Waals surface area contributed by atoms with E-state index in [2.05, 4.69) is 22.1 Å². The number of thioether (sulfide) groups is 2. The molecule has 0 unspecified atom stereocenters. The van der Waals surface area contributed by atoms with Crippen molar-refractivity contribution in [3.63, 3.8) is 0 Å². The minimum absolute atomic E-state index is 0.638. The van der Waals surface area contributed by atoms with Gasteiger partial charge in [-0.05, 0) is 30.0 Å². The van der Waals surface area contributed by atoms with Crippen LogP contribution in [-0.2, 0) is 5.75 Å². The Labute approximate surface area is 145 Å². The fourth-order valence-electron chi connectivity index (χ4n) is 1.69. The Morgan fingerprint density at radius 3 is 2.59 bits per heavy atom. The highest BCUT2D eigenvalue weighted by molar-refractivity contribution is 8.02. The molecule has 0 atom stereocenters. The zero-order chi connectivity index (χ0) is 15.4. The van der Waals surface area contributed by atoms with Gasteiger partial charge in [-0.3, -0.25) is 0 Å². The summed E-state index contributed by atoms with van der Waals surface area (Å²) in [4.78, 5) is 4.30. The SMILES string of the molecule is CCSc1nnc(SCc2ncc(-c3ccc(Cl)cc3)o2)s1. The molecule has 1 aromatic carbocycles. The molecule has 22 heavy (non-hydrogen) atoms. The Kier molecular flexibility index (Phi) is 5.41. The number of oxazole rings is 1. The van der Waals surface area contributed by atoms with Crippen molar-refractivity contribution in [3.05, 3.63) is 41.4 Å². The molecule has 0 N–H and O–H groups in total. The van der Waals surface area contributed by atoms with Gasteiger partial charge in [0, 0.05) is 10.6 Å². The molecule has 0 aliphatic carbocycles. The maximum absolute atomic E-state index is 5.88. The minimum Gasteiger partial charge on any atom is -0.440 e. The number of nitrogens with zero attached hydrogens (tertiary/aromatic N) is 3. The Balaban J connectivity index is 1.62. The summed E-state index contributed by atoms with van der Waals surface area (Å²) in [5.74, 6) is 3.06. The molecule has 4 nitrogen and oxygen atoms in total. The van der Waals surface area contributed by atoms with Crippen molar-refractivity contribution < 1.29 is 4.42 Å². The molecule has 0 aliphatic rings. The molecule has 3 aromatic rings. The second-order valence-corrected chi connectivity index (χ2v) is 8.33. The van der Waals surface area contributed by atoms with Crippen LogP contribution in [0, 0.1) is 0 Å². The summed E-state index contributed by atoms with van der Waals surface area (Å²) < 4.78 is 7.69. The van der Waals surface area contributed by atoms with Crippen molar-refractivity contribution in [2.45, 2.75) is 21.4 Å². The Bertz CT molecular complexity index is 742. The third-order valence-corrected chi connectivity index (χ3v) is 5.97. The quantitative estimate of drug-likeness (QED) is 0.553. The fraction of sp³-hybridized carbons (Fsp3) is 0.214. The lowest BCUT2D eigenvalue weighted by molar-refractivity contribution is 0.530. The lowest BCUT2D eigenvalue weighted by Gasteiger charge is -1.96. The molecule has 2 aromatic heterocycles. The average Bonchev–Trinajstić information content (AvgIpc) is 3.16. The first kappa shape index (κ1) is 15.9. The first-order chi connectivity index (χ1) is 10.7. The summed E-state index contributed by atoms with van der Waals surface area (Å²) in [5.41, 5.74) is 0.964. The van der Waals surface area contributed by atoms with E-state index in [1.54, 1.807) is 41.1 Å². The summed E-state index contributed by atoms with van der Waals surface area (Å²) in [5, 5.41) is 8.98.